The first kappa shape index (κ1) is 17.9. The van der Waals surface area contributed by atoms with E-state index >= 15 is 0 Å². The zero-order chi connectivity index (χ0) is 17.1. The van der Waals surface area contributed by atoms with Gasteiger partial charge in [-0.05, 0) is 32.4 Å². The van der Waals surface area contributed by atoms with Crippen molar-refractivity contribution < 1.29 is 28.3 Å². The van der Waals surface area contributed by atoms with Crippen molar-refractivity contribution in [3.63, 3.8) is 0 Å². The van der Waals surface area contributed by atoms with E-state index < -0.39 is 25.0 Å². The van der Waals surface area contributed by atoms with Gasteiger partial charge in [-0.25, -0.2) is 4.79 Å². The number of rotatable bonds is 7. The van der Waals surface area contributed by atoms with Crippen LogP contribution in [0.25, 0.3) is 0 Å². The van der Waals surface area contributed by atoms with Crippen LogP contribution < -0.4 is 0 Å². The molecule has 6 nitrogen and oxygen atoms in total. The van der Waals surface area contributed by atoms with Crippen LogP contribution in [0.1, 0.15) is 25.0 Å². The summed E-state index contributed by atoms with van der Waals surface area (Å²) >= 11 is 0. The number of cyclic esters (lactones) is 1. The fraction of sp³-hybridized carbons (Fsp3) is 0.438. The van der Waals surface area contributed by atoms with Gasteiger partial charge in [-0.3, -0.25) is 4.57 Å². The number of aryl methyl sites for hydroxylation is 1. The first-order valence-corrected chi connectivity index (χ1v) is 8.99. The second-order valence-corrected chi connectivity index (χ2v) is 7.33. The van der Waals surface area contributed by atoms with Crippen LogP contribution >= 0.6 is 7.60 Å². The monoisotopic (exact) mass is 340 g/mol. The summed E-state index contributed by atoms with van der Waals surface area (Å²) in [6, 6.07) is 6.78. The molecule has 0 unspecified atom stereocenters. The van der Waals surface area contributed by atoms with Crippen LogP contribution in [-0.2, 0) is 28.5 Å². The van der Waals surface area contributed by atoms with Crippen LogP contribution in [0.4, 0.5) is 0 Å². The highest BCUT2D eigenvalue weighted by atomic mass is 31.2. The summed E-state index contributed by atoms with van der Waals surface area (Å²) in [5.74, 6) is -0.611. The molecule has 0 fully saturated rings. The average Bonchev–Trinajstić information content (AvgIpc) is 2.94. The fourth-order valence-electron chi connectivity index (χ4n) is 2.44. The molecule has 0 aromatic heterocycles. The smallest absolute Gasteiger partial charge is 0.370 e. The molecule has 1 aromatic carbocycles. The molecule has 1 N–H and O–H groups in total. The van der Waals surface area contributed by atoms with E-state index in [-0.39, 0.29) is 13.2 Å². The van der Waals surface area contributed by atoms with Gasteiger partial charge in [-0.1, -0.05) is 29.8 Å². The first-order chi connectivity index (χ1) is 10.9. The van der Waals surface area contributed by atoms with E-state index in [2.05, 4.69) is 0 Å². The van der Waals surface area contributed by atoms with Crippen LogP contribution in [0.2, 0.25) is 0 Å². The van der Waals surface area contributed by atoms with Gasteiger partial charge < -0.3 is 18.9 Å². The van der Waals surface area contributed by atoms with Crippen molar-refractivity contribution in [2.24, 2.45) is 0 Å². The summed E-state index contributed by atoms with van der Waals surface area (Å²) in [4.78, 5) is 11.4. The Morgan fingerprint density at radius 2 is 1.78 bits per heavy atom. The molecular formula is C16H21O6P. The Bertz CT molecular complexity index is 628. The summed E-state index contributed by atoms with van der Waals surface area (Å²) < 4.78 is 29.1. The molecule has 1 heterocycles. The lowest BCUT2D eigenvalue weighted by Gasteiger charge is -2.37. The normalized spacial score (nSPS) is 20.3. The zero-order valence-corrected chi connectivity index (χ0v) is 14.3. The van der Waals surface area contributed by atoms with Crippen molar-refractivity contribution in [3.05, 3.63) is 47.5 Å². The predicted octanol–water partition coefficient (Wildman–Crippen LogP) is 2.89. The SMILES string of the molecule is CCOP(=O)(OCC)[C@@](O)(c1ccc(C)cc1)[C@H]1C=CC(=O)O1. The summed E-state index contributed by atoms with van der Waals surface area (Å²) in [6.45, 7) is 5.35. The van der Waals surface area contributed by atoms with Gasteiger partial charge in [0.05, 0.1) is 13.2 Å². The maximum Gasteiger partial charge on any atom is 0.370 e. The lowest BCUT2D eigenvalue weighted by Crippen LogP contribution is -2.40. The topological polar surface area (TPSA) is 82.1 Å². The van der Waals surface area contributed by atoms with Crippen molar-refractivity contribution >= 4 is 13.6 Å². The number of carbonyl (C=O) groups excluding carboxylic acids is 1. The minimum absolute atomic E-state index is 0.0792. The lowest BCUT2D eigenvalue weighted by molar-refractivity contribution is -0.146. The molecule has 126 valence electrons. The number of esters is 1. The first-order valence-electron chi connectivity index (χ1n) is 7.45. The second kappa shape index (κ2) is 6.97. The van der Waals surface area contributed by atoms with E-state index in [1.165, 1.54) is 12.2 Å². The summed E-state index contributed by atoms with van der Waals surface area (Å²) in [5, 5.41) is 9.21. The fourth-order valence-corrected chi connectivity index (χ4v) is 4.50. The Hall–Kier alpha value is -1.46. The average molecular weight is 340 g/mol. The zero-order valence-electron chi connectivity index (χ0n) is 13.4. The van der Waals surface area contributed by atoms with E-state index in [1.807, 2.05) is 6.92 Å². The lowest BCUT2D eigenvalue weighted by atomic mass is 10.0. The number of aliphatic hydroxyl groups is 1. The van der Waals surface area contributed by atoms with E-state index in [4.69, 9.17) is 13.8 Å². The molecule has 0 aliphatic carbocycles. The largest absolute Gasteiger partial charge is 0.451 e. The highest BCUT2D eigenvalue weighted by molar-refractivity contribution is 7.55. The molecule has 0 spiro atoms. The van der Waals surface area contributed by atoms with E-state index in [1.54, 1.807) is 38.1 Å². The molecule has 0 saturated heterocycles. The van der Waals surface area contributed by atoms with Crippen molar-refractivity contribution in [2.45, 2.75) is 32.2 Å². The van der Waals surface area contributed by atoms with Crippen LogP contribution in [-0.4, -0.2) is 30.4 Å². The number of ether oxygens (including phenoxy) is 1. The summed E-state index contributed by atoms with van der Waals surface area (Å²) in [6.07, 6.45) is 1.40. The molecule has 7 heteroatoms. The minimum Gasteiger partial charge on any atom is -0.451 e. The number of hydrogen-bond donors (Lipinski definition) is 1. The molecule has 1 aliphatic rings. The molecule has 2 atom stereocenters. The van der Waals surface area contributed by atoms with E-state index in [0.717, 1.165) is 5.56 Å². The molecule has 2 rings (SSSR count). The number of benzene rings is 1. The second-order valence-electron chi connectivity index (χ2n) is 5.14. The highest BCUT2D eigenvalue weighted by Gasteiger charge is 2.58. The molecule has 0 saturated carbocycles. The molecule has 0 radical (unpaired) electrons. The van der Waals surface area contributed by atoms with Gasteiger partial charge in [0.2, 0.25) is 5.34 Å². The summed E-state index contributed by atoms with van der Waals surface area (Å²) in [5.41, 5.74) is 1.27. The molecule has 0 amide bonds. The van der Waals surface area contributed by atoms with Crippen molar-refractivity contribution in [2.75, 3.05) is 13.2 Å². The van der Waals surface area contributed by atoms with Crippen LogP contribution in [0.15, 0.2) is 36.4 Å². The Morgan fingerprint density at radius 3 is 2.22 bits per heavy atom. The summed E-state index contributed by atoms with van der Waals surface area (Å²) in [7, 11) is -4.03. The van der Waals surface area contributed by atoms with Crippen LogP contribution in [0, 0.1) is 6.92 Å². The van der Waals surface area contributed by atoms with Crippen molar-refractivity contribution in [1.82, 2.24) is 0 Å². The standard InChI is InChI=1S/C16H21O6P/c1-4-20-23(19,21-5-2)16(18,14-10-11-15(17)22-14)13-8-6-12(3)7-9-13/h6-11,14,18H,4-5H2,1-3H3/t14-,16+/m1/s1. The maximum absolute atomic E-state index is 13.3. The third-order valence-electron chi connectivity index (χ3n) is 3.54. The van der Waals surface area contributed by atoms with Gasteiger partial charge in [0.25, 0.3) is 0 Å². The van der Waals surface area contributed by atoms with Gasteiger partial charge in [-0.15, -0.1) is 0 Å². The quantitative estimate of drug-likeness (QED) is 0.607. The van der Waals surface area contributed by atoms with E-state index in [9.17, 15) is 14.5 Å². The molecule has 1 aromatic rings. The van der Waals surface area contributed by atoms with Crippen LogP contribution in [0.5, 0.6) is 0 Å². The molecule has 1 aliphatic heterocycles. The molecule has 23 heavy (non-hydrogen) atoms. The third kappa shape index (κ3) is 3.26. The van der Waals surface area contributed by atoms with Gasteiger partial charge in [0.1, 0.15) is 0 Å². The van der Waals surface area contributed by atoms with Gasteiger partial charge in [0, 0.05) is 6.08 Å². The Labute approximate surface area is 135 Å². The number of hydrogen-bond acceptors (Lipinski definition) is 6. The highest BCUT2D eigenvalue weighted by Crippen LogP contribution is 2.66. The predicted molar refractivity (Wildman–Crippen MR) is 85.0 cm³/mol. The Balaban J connectivity index is 2.58. The Morgan fingerprint density at radius 1 is 1.22 bits per heavy atom. The number of carbonyl (C=O) groups is 1. The van der Waals surface area contributed by atoms with Crippen molar-refractivity contribution in [1.29, 1.82) is 0 Å². The minimum atomic E-state index is -4.03. The van der Waals surface area contributed by atoms with Gasteiger partial charge in [0.15, 0.2) is 6.10 Å². The molecule has 0 bridgehead atoms. The van der Waals surface area contributed by atoms with E-state index in [0.29, 0.717) is 5.56 Å². The Kier molecular flexibility index (Phi) is 5.42. The maximum atomic E-state index is 13.3. The van der Waals surface area contributed by atoms with Gasteiger partial charge in [-0.2, -0.15) is 0 Å². The van der Waals surface area contributed by atoms with Crippen LogP contribution in [0.3, 0.4) is 0 Å². The third-order valence-corrected chi connectivity index (χ3v) is 6.08. The molecular weight excluding hydrogens is 319 g/mol. The van der Waals surface area contributed by atoms with Crippen molar-refractivity contribution in [3.8, 4) is 0 Å². The van der Waals surface area contributed by atoms with Gasteiger partial charge >= 0.3 is 13.6 Å².